The van der Waals surface area contributed by atoms with Gasteiger partial charge < -0.3 is 19.5 Å². The molecule has 2 aliphatic heterocycles. The van der Waals surface area contributed by atoms with Crippen LogP contribution in [0.5, 0.6) is 11.5 Å². The molecule has 5 rings (SSSR count). The lowest BCUT2D eigenvalue weighted by molar-refractivity contribution is -0.144. The third-order valence-corrected chi connectivity index (χ3v) is 6.64. The largest absolute Gasteiger partial charge is 0.468 e. The summed E-state index contributed by atoms with van der Waals surface area (Å²) in [6, 6.07) is 13.1. The number of Topliss-reactive ketones (excluding diaryl/α,β-unsaturated/α-hetero) is 1. The smallest absolute Gasteiger partial charge is 0.315 e. The molecule has 3 aliphatic rings. The van der Waals surface area contributed by atoms with E-state index in [1.807, 2.05) is 36.4 Å². The molecule has 0 aromatic heterocycles. The molecule has 0 saturated heterocycles. The molecule has 0 saturated carbocycles. The summed E-state index contributed by atoms with van der Waals surface area (Å²) in [5.74, 6) is -0.421. The summed E-state index contributed by atoms with van der Waals surface area (Å²) in [4.78, 5) is 26.3. The molecule has 0 radical (unpaired) electrons. The Morgan fingerprint density at radius 2 is 1.81 bits per heavy atom. The Morgan fingerprint density at radius 1 is 1.09 bits per heavy atom. The number of ketones is 1. The van der Waals surface area contributed by atoms with Gasteiger partial charge in [0.05, 0.1) is 7.11 Å². The van der Waals surface area contributed by atoms with Crippen LogP contribution in [-0.4, -0.2) is 25.7 Å². The SMILES string of the molecule is C=C1NC2=C(C(=O)CC(c3ccc(Cl)cc3)C2)C(c2ccc3c(c2)OCO3)C1C(=O)OC. The summed E-state index contributed by atoms with van der Waals surface area (Å²) in [7, 11) is 1.34. The average molecular weight is 452 g/mol. The van der Waals surface area contributed by atoms with Crippen molar-refractivity contribution < 1.29 is 23.8 Å². The Balaban J connectivity index is 1.59. The number of nitrogens with one attached hydrogen (secondary N) is 1. The molecule has 2 aromatic carbocycles. The highest BCUT2D eigenvalue weighted by atomic mass is 35.5. The molecule has 1 aliphatic carbocycles. The number of carbonyl (C=O) groups excluding carboxylic acids is 2. The van der Waals surface area contributed by atoms with Crippen LogP contribution in [0.4, 0.5) is 0 Å². The van der Waals surface area contributed by atoms with Gasteiger partial charge in [-0.15, -0.1) is 0 Å². The molecule has 0 fully saturated rings. The summed E-state index contributed by atoms with van der Waals surface area (Å²) < 4.78 is 16.0. The van der Waals surface area contributed by atoms with E-state index in [1.54, 1.807) is 6.07 Å². The van der Waals surface area contributed by atoms with Crippen LogP contribution in [0.3, 0.4) is 0 Å². The van der Waals surface area contributed by atoms with Gasteiger partial charge >= 0.3 is 5.97 Å². The molecule has 6 nitrogen and oxygen atoms in total. The molecular weight excluding hydrogens is 430 g/mol. The lowest BCUT2D eigenvalue weighted by Crippen LogP contribution is -2.42. The second-order valence-corrected chi connectivity index (χ2v) is 8.65. The number of benzene rings is 2. The molecule has 0 amide bonds. The number of hydrogen-bond donors (Lipinski definition) is 1. The van der Waals surface area contributed by atoms with Crippen molar-refractivity contribution in [1.29, 1.82) is 0 Å². The van der Waals surface area contributed by atoms with Crippen molar-refractivity contribution in [3.05, 3.63) is 82.2 Å². The third-order valence-electron chi connectivity index (χ3n) is 6.39. The normalized spacial score (nSPS) is 24.1. The molecule has 7 heteroatoms. The molecule has 2 aromatic rings. The molecule has 3 atom stereocenters. The van der Waals surface area contributed by atoms with Crippen molar-refractivity contribution in [2.45, 2.75) is 24.7 Å². The summed E-state index contributed by atoms with van der Waals surface area (Å²) in [5, 5.41) is 3.91. The first-order chi connectivity index (χ1) is 15.5. The van der Waals surface area contributed by atoms with Gasteiger partial charge in [0.1, 0.15) is 5.92 Å². The minimum atomic E-state index is -0.727. The van der Waals surface area contributed by atoms with E-state index in [9.17, 15) is 9.59 Å². The van der Waals surface area contributed by atoms with Gasteiger partial charge in [0.2, 0.25) is 6.79 Å². The quantitative estimate of drug-likeness (QED) is 0.694. The van der Waals surface area contributed by atoms with Crippen LogP contribution >= 0.6 is 11.6 Å². The van der Waals surface area contributed by atoms with Crippen LogP contribution in [-0.2, 0) is 14.3 Å². The molecular formula is C25H22ClNO5. The van der Waals surface area contributed by atoms with Gasteiger partial charge in [0, 0.05) is 34.3 Å². The summed E-state index contributed by atoms with van der Waals surface area (Å²) in [6.45, 7) is 4.25. The van der Waals surface area contributed by atoms with Gasteiger partial charge in [0.25, 0.3) is 0 Å². The van der Waals surface area contributed by atoms with Gasteiger partial charge in [-0.25, -0.2) is 0 Å². The van der Waals surface area contributed by atoms with Crippen molar-refractivity contribution in [2.75, 3.05) is 13.9 Å². The highest BCUT2D eigenvalue weighted by molar-refractivity contribution is 6.30. The van der Waals surface area contributed by atoms with Gasteiger partial charge in [-0.2, -0.15) is 0 Å². The molecule has 164 valence electrons. The maximum Gasteiger partial charge on any atom is 0.315 e. The molecule has 32 heavy (non-hydrogen) atoms. The predicted octanol–water partition coefficient (Wildman–Crippen LogP) is 4.46. The molecule has 1 N–H and O–H groups in total. The monoisotopic (exact) mass is 451 g/mol. The summed E-state index contributed by atoms with van der Waals surface area (Å²) >= 11 is 6.03. The molecule has 0 spiro atoms. The first-order valence-electron chi connectivity index (χ1n) is 10.4. The van der Waals surface area contributed by atoms with E-state index in [2.05, 4.69) is 11.9 Å². The zero-order valence-corrected chi connectivity index (χ0v) is 18.3. The Hall–Kier alpha value is -3.25. The zero-order valence-electron chi connectivity index (χ0n) is 17.5. The summed E-state index contributed by atoms with van der Waals surface area (Å²) in [6.07, 6.45) is 0.986. The van der Waals surface area contributed by atoms with Crippen molar-refractivity contribution in [3.63, 3.8) is 0 Å². The third kappa shape index (κ3) is 3.45. The number of rotatable bonds is 3. The Morgan fingerprint density at radius 3 is 2.56 bits per heavy atom. The van der Waals surface area contributed by atoms with Crippen molar-refractivity contribution in [1.82, 2.24) is 5.32 Å². The predicted molar refractivity (Wildman–Crippen MR) is 119 cm³/mol. The van der Waals surface area contributed by atoms with Crippen molar-refractivity contribution in [2.24, 2.45) is 5.92 Å². The lowest BCUT2D eigenvalue weighted by Gasteiger charge is -2.40. The fourth-order valence-electron chi connectivity index (χ4n) is 4.89. The van der Waals surface area contributed by atoms with Crippen LogP contribution in [0.25, 0.3) is 0 Å². The lowest BCUT2D eigenvalue weighted by atomic mass is 9.69. The van der Waals surface area contributed by atoms with E-state index in [0.29, 0.717) is 40.6 Å². The highest BCUT2D eigenvalue weighted by Crippen LogP contribution is 2.48. The Labute approximate surface area is 190 Å². The van der Waals surface area contributed by atoms with E-state index in [-0.39, 0.29) is 18.5 Å². The number of allylic oxidation sites excluding steroid dienone is 2. The van der Waals surface area contributed by atoms with Gasteiger partial charge in [-0.3, -0.25) is 9.59 Å². The number of hydrogen-bond acceptors (Lipinski definition) is 6. The summed E-state index contributed by atoms with van der Waals surface area (Å²) in [5.41, 5.74) is 3.77. The number of halogens is 1. The van der Waals surface area contributed by atoms with E-state index < -0.39 is 17.8 Å². The first kappa shape index (κ1) is 20.6. The first-order valence-corrected chi connectivity index (χ1v) is 10.8. The van der Waals surface area contributed by atoms with E-state index in [0.717, 1.165) is 16.8 Å². The number of ether oxygens (including phenoxy) is 3. The van der Waals surface area contributed by atoms with Crippen LogP contribution in [0, 0.1) is 5.92 Å². The average Bonchev–Trinajstić information content (AvgIpc) is 3.26. The number of methoxy groups -OCH3 is 1. The Bertz CT molecular complexity index is 1150. The van der Waals surface area contributed by atoms with Crippen LogP contribution < -0.4 is 14.8 Å². The minimum Gasteiger partial charge on any atom is -0.468 e. The second-order valence-electron chi connectivity index (χ2n) is 8.21. The van der Waals surface area contributed by atoms with Crippen LogP contribution in [0.1, 0.15) is 35.8 Å². The van der Waals surface area contributed by atoms with Gasteiger partial charge in [-0.05, 0) is 47.7 Å². The zero-order chi connectivity index (χ0) is 22.4. The topological polar surface area (TPSA) is 73.9 Å². The van der Waals surface area contributed by atoms with E-state index in [1.165, 1.54) is 7.11 Å². The highest BCUT2D eigenvalue weighted by Gasteiger charge is 2.45. The maximum atomic E-state index is 13.5. The Kier molecular flexibility index (Phi) is 5.18. The fraction of sp³-hybridized carbons (Fsp3) is 0.280. The van der Waals surface area contributed by atoms with E-state index >= 15 is 0 Å². The number of esters is 1. The standard InChI is InChI=1S/C25H22ClNO5/c1-13-22(25(29)30-2)23(15-5-8-20-21(11-15)32-12-31-20)24-18(27-13)9-16(10-19(24)28)14-3-6-17(26)7-4-14/h3-8,11,16,22-23,27H,1,9-10,12H2,2H3. The van der Waals surface area contributed by atoms with E-state index in [4.69, 9.17) is 25.8 Å². The van der Waals surface area contributed by atoms with Crippen LogP contribution in [0.15, 0.2) is 66.0 Å². The van der Waals surface area contributed by atoms with Crippen LogP contribution in [0.2, 0.25) is 5.02 Å². The number of fused-ring (bicyclic) bond motifs is 1. The van der Waals surface area contributed by atoms with Gasteiger partial charge in [0.15, 0.2) is 17.3 Å². The van der Waals surface area contributed by atoms with Gasteiger partial charge in [-0.1, -0.05) is 36.4 Å². The van der Waals surface area contributed by atoms with Crippen molar-refractivity contribution >= 4 is 23.4 Å². The fourth-order valence-corrected chi connectivity index (χ4v) is 5.02. The minimum absolute atomic E-state index is 0.00256. The maximum absolute atomic E-state index is 13.5. The van der Waals surface area contributed by atoms with Crippen molar-refractivity contribution in [3.8, 4) is 11.5 Å². The molecule has 2 heterocycles. The molecule has 0 bridgehead atoms. The number of carbonyl (C=O) groups is 2. The molecule has 3 unspecified atom stereocenters. The second kappa shape index (κ2) is 8.02.